The van der Waals surface area contributed by atoms with E-state index in [0.29, 0.717) is 23.5 Å². The minimum absolute atomic E-state index is 0.269. The average Bonchev–Trinajstić information content (AvgIpc) is 2.87. The molecule has 1 N–H and O–H groups in total. The van der Waals surface area contributed by atoms with E-state index < -0.39 is 16.8 Å². The van der Waals surface area contributed by atoms with Crippen LogP contribution >= 0.6 is 0 Å². The van der Waals surface area contributed by atoms with Crippen molar-refractivity contribution in [2.24, 2.45) is 17.8 Å². The molecule has 5 atom stereocenters. The van der Waals surface area contributed by atoms with Crippen LogP contribution in [0, 0.1) is 17.8 Å². The van der Waals surface area contributed by atoms with Gasteiger partial charge in [-0.2, -0.15) is 0 Å². The van der Waals surface area contributed by atoms with E-state index in [0.717, 1.165) is 31.1 Å². The van der Waals surface area contributed by atoms with Crippen LogP contribution in [0.25, 0.3) is 0 Å². The van der Waals surface area contributed by atoms with Gasteiger partial charge >= 0.3 is 0 Å². The van der Waals surface area contributed by atoms with Gasteiger partial charge in [0.1, 0.15) is 0 Å². The Hall–Kier alpha value is -1.00. The Morgan fingerprint density at radius 1 is 0.939 bits per heavy atom. The van der Waals surface area contributed by atoms with Crippen molar-refractivity contribution in [1.29, 1.82) is 0 Å². The lowest BCUT2D eigenvalue weighted by atomic mass is 9.70. The van der Waals surface area contributed by atoms with Crippen molar-refractivity contribution in [2.75, 3.05) is 0 Å². The van der Waals surface area contributed by atoms with Gasteiger partial charge in [-0.3, -0.25) is 9.59 Å². The van der Waals surface area contributed by atoms with Crippen molar-refractivity contribution in [1.82, 2.24) is 0 Å². The number of aliphatic hydroxyl groups is 1. The SMILES string of the molecule is CC(=O)[C@]12O[C@](C)(CCCC(C)CCCC(C)CCCC(C)C)CC[C@@]1(O)C(=O)C(C)=C2C. The maximum atomic E-state index is 12.8. The monoisotopic (exact) mass is 462 g/mol. The average molecular weight is 463 g/mol. The third-order valence-electron chi connectivity index (χ3n) is 8.57. The fourth-order valence-electron chi connectivity index (χ4n) is 6.14. The normalized spacial score (nSPS) is 31.8. The van der Waals surface area contributed by atoms with Crippen molar-refractivity contribution < 1.29 is 19.4 Å². The van der Waals surface area contributed by atoms with Gasteiger partial charge in [-0.1, -0.05) is 79.1 Å². The molecule has 0 amide bonds. The van der Waals surface area contributed by atoms with Crippen molar-refractivity contribution in [3.8, 4) is 0 Å². The van der Waals surface area contributed by atoms with Gasteiger partial charge in [0, 0.05) is 0 Å². The number of carbonyl (C=O) groups excluding carboxylic acids is 2. The van der Waals surface area contributed by atoms with Crippen LogP contribution in [0.1, 0.15) is 126 Å². The zero-order valence-corrected chi connectivity index (χ0v) is 22.7. The summed E-state index contributed by atoms with van der Waals surface area (Å²) in [4.78, 5) is 25.6. The molecule has 2 rings (SSSR count). The van der Waals surface area contributed by atoms with E-state index in [-0.39, 0.29) is 18.0 Å². The Bertz CT molecular complexity index is 738. The second kappa shape index (κ2) is 11.2. The van der Waals surface area contributed by atoms with Crippen molar-refractivity contribution in [3.63, 3.8) is 0 Å². The number of ketones is 2. The zero-order valence-electron chi connectivity index (χ0n) is 22.7. The molecule has 0 spiro atoms. The fourth-order valence-corrected chi connectivity index (χ4v) is 6.14. The highest BCUT2D eigenvalue weighted by Crippen LogP contribution is 2.54. The first-order chi connectivity index (χ1) is 15.3. The number of fused-ring (bicyclic) bond motifs is 1. The molecule has 1 fully saturated rings. The van der Waals surface area contributed by atoms with Crippen LogP contribution < -0.4 is 0 Å². The molecule has 1 aliphatic heterocycles. The summed E-state index contributed by atoms with van der Waals surface area (Å²) in [6.07, 6.45) is 11.8. The van der Waals surface area contributed by atoms with Gasteiger partial charge in [0.15, 0.2) is 22.8 Å². The summed E-state index contributed by atoms with van der Waals surface area (Å²) >= 11 is 0. The summed E-state index contributed by atoms with van der Waals surface area (Å²) in [7, 11) is 0. The van der Waals surface area contributed by atoms with E-state index in [1.165, 1.54) is 45.4 Å². The van der Waals surface area contributed by atoms with Crippen LogP contribution in [0.4, 0.5) is 0 Å². The highest BCUT2D eigenvalue weighted by molar-refractivity contribution is 6.13. The molecule has 2 aliphatic rings. The molecule has 4 heteroatoms. The third-order valence-corrected chi connectivity index (χ3v) is 8.57. The molecule has 1 heterocycles. The molecule has 33 heavy (non-hydrogen) atoms. The molecule has 190 valence electrons. The molecular weight excluding hydrogens is 412 g/mol. The second-order valence-electron chi connectivity index (χ2n) is 12.1. The number of rotatable bonds is 13. The number of hydrogen-bond acceptors (Lipinski definition) is 4. The van der Waals surface area contributed by atoms with E-state index in [1.54, 1.807) is 13.8 Å². The van der Waals surface area contributed by atoms with Crippen molar-refractivity contribution >= 4 is 11.6 Å². The van der Waals surface area contributed by atoms with Crippen molar-refractivity contribution in [2.45, 2.75) is 143 Å². The van der Waals surface area contributed by atoms with Gasteiger partial charge in [0.05, 0.1) is 5.60 Å². The topological polar surface area (TPSA) is 63.6 Å². The predicted octanol–water partition coefficient (Wildman–Crippen LogP) is 6.97. The van der Waals surface area contributed by atoms with Crippen LogP contribution in [-0.4, -0.2) is 33.5 Å². The molecule has 0 aromatic carbocycles. The molecular formula is C29H50O4. The number of ether oxygens (including phenoxy) is 1. The second-order valence-corrected chi connectivity index (χ2v) is 12.1. The summed E-state index contributed by atoms with van der Waals surface area (Å²) in [5.41, 5.74) is -2.70. The first-order valence-electron chi connectivity index (χ1n) is 13.5. The summed E-state index contributed by atoms with van der Waals surface area (Å²) in [5.74, 6) is 1.69. The van der Waals surface area contributed by atoms with E-state index in [9.17, 15) is 14.7 Å². The Morgan fingerprint density at radius 2 is 1.45 bits per heavy atom. The minimum atomic E-state index is -1.74. The number of carbonyl (C=O) groups is 2. The van der Waals surface area contributed by atoms with Gasteiger partial charge < -0.3 is 9.84 Å². The van der Waals surface area contributed by atoms with Gasteiger partial charge in [0.25, 0.3) is 0 Å². The quantitative estimate of drug-likeness (QED) is 0.321. The molecule has 1 saturated heterocycles. The molecule has 1 aliphatic carbocycles. The van der Waals surface area contributed by atoms with Crippen LogP contribution in [0.3, 0.4) is 0 Å². The molecule has 0 radical (unpaired) electrons. The fraction of sp³-hybridized carbons (Fsp3) is 0.862. The van der Waals surface area contributed by atoms with E-state index in [2.05, 4.69) is 27.7 Å². The van der Waals surface area contributed by atoms with Gasteiger partial charge in [0.2, 0.25) is 0 Å². The van der Waals surface area contributed by atoms with Gasteiger partial charge in [-0.25, -0.2) is 0 Å². The molecule has 0 aromatic heterocycles. The van der Waals surface area contributed by atoms with E-state index in [4.69, 9.17) is 4.74 Å². The summed E-state index contributed by atoms with van der Waals surface area (Å²) < 4.78 is 6.47. The smallest absolute Gasteiger partial charge is 0.193 e. The first-order valence-corrected chi connectivity index (χ1v) is 13.5. The highest BCUT2D eigenvalue weighted by atomic mass is 16.5. The highest BCUT2D eigenvalue weighted by Gasteiger charge is 2.69. The lowest BCUT2D eigenvalue weighted by Gasteiger charge is -2.51. The number of Topliss-reactive ketones (excluding diaryl/α,β-unsaturated/α-hetero) is 2. The van der Waals surface area contributed by atoms with Crippen LogP contribution in [0.15, 0.2) is 11.1 Å². The lowest BCUT2D eigenvalue weighted by molar-refractivity contribution is -0.238. The maximum Gasteiger partial charge on any atom is 0.193 e. The van der Waals surface area contributed by atoms with E-state index >= 15 is 0 Å². The molecule has 0 bridgehead atoms. The third kappa shape index (κ3) is 5.99. The van der Waals surface area contributed by atoms with Crippen LogP contribution in [0.2, 0.25) is 0 Å². The zero-order chi connectivity index (χ0) is 25.0. The Morgan fingerprint density at radius 3 is 1.97 bits per heavy atom. The van der Waals surface area contributed by atoms with Crippen LogP contribution in [0.5, 0.6) is 0 Å². The molecule has 0 saturated carbocycles. The summed E-state index contributed by atoms with van der Waals surface area (Å²) in [6.45, 7) is 16.3. The Labute approximate surface area is 202 Å². The summed E-state index contributed by atoms with van der Waals surface area (Å²) in [5, 5.41) is 11.3. The molecule has 4 nitrogen and oxygen atoms in total. The maximum absolute atomic E-state index is 12.8. The molecule has 2 unspecified atom stereocenters. The van der Waals surface area contributed by atoms with Crippen LogP contribution in [-0.2, 0) is 14.3 Å². The first kappa shape index (κ1) is 28.2. The largest absolute Gasteiger partial charge is 0.378 e. The van der Waals surface area contributed by atoms with Gasteiger partial charge in [-0.15, -0.1) is 0 Å². The van der Waals surface area contributed by atoms with Crippen molar-refractivity contribution in [3.05, 3.63) is 11.1 Å². The summed E-state index contributed by atoms with van der Waals surface area (Å²) in [6, 6.07) is 0. The Balaban J connectivity index is 1.84. The van der Waals surface area contributed by atoms with Gasteiger partial charge in [-0.05, 0) is 75.9 Å². The number of hydrogen-bond donors (Lipinski definition) is 1. The lowest BCUT2D eigenvalue weighted by Crippen LogP contribution is -2.67. The minimum Gasteiger partial charge on any atom is -0.378 e. The predicted molar refractivity (Wildman–Crippen MR) is 135 cm³/mol. The molecule has 0 aromatic rings. The Kier molecular flexibility index (Phi) is 9.55. The van der Waals surface area contributed by atoms with E-state index in [1.807, 2.05) is 6.92 Å². The standard InChI is InChI=1S/C29H50O4/c1-20(2)12-9-13-21(3)14-10-15-22(4)16-11-17-27(8)18-19-28(32)26(31)23(5)24(6)29(28,33-27)25(7)30/h20-22,32H,9-19H2,1-8H3/t21?,22?,27-,28-,29+/m1/s1.